The molecule has 0 aliphatic carbocycles. The average Bonchev–Trinajstić information content (AvgIpc) is 2.78. The molecule has 2 aliphatic heterocycles. The number of benzene rings is 1. The van der Waals surface area contributed by atoms with Gasteiger partial charge in [-0.1, -0.05) is 18.5 Å². The monoisotopic (exact) mass is 459 g/mol. The molecule has 1 aromatic carbocycles. The number of carbonyl (C=O) groups excluding carboxylic acids is 2. The third-order valence-corrected chi connectivity index (χ3v) is 6.28. The molecule has 2 atom stereocenters. The fourth-order valence-electron chi connectivity index (χ4n) is 4.42. The van der Waals surface area contributed by atoms with Gasteiger partial charge in [-0.25, -0.2) is 0 Å². The van der Waals surface area contributed by atoms with Crippen molar-refractivity contribution >= 4 is 40.9 Å². The molecule has 2 amide bonds. The zero-order chi connectivity index (χ0) is 22.8. The second-order valence-corrected chi connectivity index (χ2v) is 8.48. The number of ether oxygens (including phenoxy) is 1. The summed E-state index contributed by atoms with van der Waals surface area (Å²) in [6.07, 6.45) is 3.94. The van der Waals surface area contributed by atoms with Gasteiger partial charge in [0.05, 0.1) is 24.3 Å². The van der Waals surface area contributed by atoms with Crippen LogP contribution in [0.5, 0.6) is 5.75 Å². The molecule has 0 unspecified atom stereocenters. The third-order valence-electron chi connectivity index (χ3n) is 6.04. The van der Waals surface area contributed by atoms with Crippen molar-refractivity contribution in [1.82, 2.24) is 9.97 Å². The SMILES string of the molecule is CC[C@H]1CCCCN1c1nc2c(c(=O)[nH]1)[C@H](C(=O)Nc1cc(Cl)ccc1OC)CC(=O)N2. The Morgan fingerprint density at radius 3 is 2.91 bits per heavy atom. The van der Waals surface area contributed by atoms with Crippen LogP contribution in [0, 0.1) is 0 Å². The summed E-state index contributed by atoms with van der Waals surface area (Å²) in [7, 11) is 1.47. The minimum Gasteiger partial charge on any atom is -0.495 e. The highest BCUT2D eigenvalue weighted by molar-refractivity contribution is 6.31. The van der Waals surface area contributed by atoms with E-state index in [1.807, 2.05) is 0 Å². The summed E-state index contributed by atoms with van der Waals surface area (Å²) in [5, 5.41) is 5.82. The molecule has 1 fully saturated rings. The number of methoxy groups -OCH3 is 1. The molecule has 3 N–H and O–H groups in total. The summed E-state index contributed by atoms with van der Waals surface area (Å²) >= 11 is 6.05. The number of nitrogens with zero attached hydrogens (tertiary/aromatic N) is 2. The number of anilines is 3. The second-order valence-electron chi connectivity index (χ2n) is 8.04. The van der Waals surface area contributed by atoms with E-state index >= 15 is 0 Å². The van der Waals surface area contributed by atoms with E-state index in [1.54, 1.807) is 18.2 Å². The maximum Gasteiger partial charge on any atom is 0.258 e. The number of rotatable bonds is 5. The Balaban J connectivity index is 1.67. The van der Waals surface area contributed by atoms with Gasteiger partial charge in [0.25, 0.3) is 5.56 Å². The van der Waals surface area contributed by atoms with E-state index < -0.39 is 17.4 Å². The molecule has 4 rings (SSSR count). The summed E-state index contributed by atoms with van der Waals surface area (Å²) in [5.41, 5.74) is 0.0817. The Kier molecular flexibility index (Phi) is 6.36. The van der Waals surface area contributed by atoms with Crippen LogP contribution in [0.4, 0.5) is 17.5 Å². The van der Waals surface area contributed by atoms with Gasteiger partial charge in [0.2, 0.25) is 17.8 Å². The van der Waals surface area contributed by atoms with Crippen molar-refractivity contribution in [3.8, 4) is 5.75 Å². The Morgan fingerprint density at radius 2 is 2.16 bits per heavy atom. The van der Waals surface area contributed by atoms with Gasteiger partial charge in [-0.3, -0.25) is 19.4 Å². The van der Waals surface area contributed by atoms with Crippen molar-refractivity contribution in [3.05, 3.63) is 39.1 Å². The van der Waals surface area contributed by atoms with Crippen LogP contribution in [-0.4, -0.2) is 41.5 Å². The molecule has 2 aliphatic rings. The van der Waals surface area contributed by atoms with Crippen LogP contribution in [0.1, 0.15) is 50.5 Å². The summed E-state index contributed by atoms with van der Waals surface area (Å²) in [6, 6.07) is 5.09. The quantitative estimate of drug-likeness (QED) is 0.631. The molecule has 0 bridgehead atoms. The van der Waals surface area contributed by atoms with Gasteiger partial charge in [0, 0.05) is 24.0 Å². The highest BCUT2D eigenvalue weighted by Gasteiger charge is 2.36. The molecule has 1 aromatic heterocycles. The molecular weight excluding hydrogens is 434 g/mol. The standard InChI is InChI=1S/C22H26ClN5O4/c1-3-13-6-4-5-9-28(13)22-26-19-18(21(31)27-22)14(11-17(29)25-19)20(30)24-15-10-12(23)7-8-16(15)32-2/h7-8,10,13-14H,3-6,9,11H2,1-2H3,(H,24,30)(H2,25,26,27,29,31)/t13-,14+/m0/s1. The molecule has 32 heavy (non-hydrogen) atoms. The predicted molar refractivity (Wildman–Crippen MR) is 123 cm³/mol. The summed E-state index contributed by atoms with van der Waals surface area (Å²) in [4.78, 5) is 48.0. The van der Waals surface area contributed by atoms with Gasteiger partial charge in [-0.05, 0) is 43.9 Å². The average molecular weight is 460 g/mol. The summed E-state index contributed by atoms with van der Waals surface area (Å²) < 4.78 is 5.27. The lowest BCUT2D eigenvalue weighted by Crippen LogP contribution is -2.43. The summed E-state index contributed by atoms with van der Waals surface area (Å²) in [5.74, 6) is -0.884. The maximum absolute atomic E-state index is 13.1. The number of H-pyrrole nitrogens is 1. The van der Waals surface area contributed by atoms with Crippen molar-refractivity contribution in [3.63, 3.8) is 0 Å². The first-order chi connectivity index (χ1) is 15.4. The first-order valence-electron chi connectivity index (χ1n) is 10.8. The van der Waals surface area contributed by atoms with Crippen molar-refractivity contribution in [2.24, 2.45) is 0 Å². The zero-order valence-corrected chi connectivity index (χ0v) is 18.8. The Bertz CT molecular complexity index is 1100. The Morgan fingerprint density at radius 1 is 1.34 bits per heavy atom. The number of amides is 2. The molecule has 0 saturated carbocycles. The number of piperidine rings is 1. The molecule has 0 radical (unpaired) electrons. The minimum atomic E-state index is -0.990. The Hall–Kier alpha value is -3.07. The number of aromatic nitrogens is 2. The third kappa shape index (κ3) is 4.29. The number of aromatic amines is 1. The van der Waals surface area contributed by atoms with E-state index in [9.17, 15) is 14.4 Å². The molecule has 9 nitrogen and oxygen atoms in total. The van der Waals surface area contributed by atoms with Crippen LogP contribution >= 0.6 is 11.6 Å². The molecule has 1 saturated heterocycles. The predicted octanol–water partition coefficient (Wildman–Crippen LogP) is 3.27. The van der Waals surface area contributed by atoms with E-state index in [-0.39, 0.29) is 29.8 Å². The van der Waals surface area contributed by atoms with Gasteiger partial charge >= 0.3 is 0 Å². The fraction of sp³-hybridized carbons (Fsp3) is 0.455. The molecule has 0 spiro atoms. The highest BCUT2D eigenvalue weighted by atomic mass is 35.5. The van der Waals surface area contributed by atoms with Crippen LogP contribution in [0.2, 0.25) is 5.02 Å². The molecule has 10 heteroatoms. The lowest BCUT2D eigenvalue weighted by atomic mass is 9.92. The molecule has 3 heterocycles. The van der Waals surface area contributed by atoms with E-state index in [0.29, 0.717) is 22.4 Å². The van der Waals surface area contributed by atoms with E-state index in [1.165, 1.54) is 7.11 Å². The lowest BCUT2D eigenvalue weighted by Gasteiger charge is -2.36. The Labute approximate surface area is 190 Å². The van der Waals surface area contributed by atoms with Crippen LogP contribution in [0.25, 0.3) is 0 Å². The van der Waals surface area contributed by atoms with Crippen LogP contribution in [0.15, 0.2) is 23.0 Å². The van der Waals surface area contributed by atoms with Crippen molar-refractivity contribution in [1.29, 1.82) is 0 Å². The number of carbonyl (C=O) groups is 2. The van der Waals surface area contributed by atoms with Crippen molar-refractivity contribution < 1.29 is 14.3 Å². The lowest BCUT2D eigenvalue weighted by molar-refractivity contribution is -0.123. The highest BCUT2D eigenvalue weighted by Crippen LogP contribution is 2.33. The van der Waals surface area contributed by atoms with Gasteiger partial charge in [0.15, 0.2) is 0 Å². The first kappa shape index (κ1) is 22.1. The first-order valence-corrected chi connectivity index (χ1v) is 11.1. The number of halogens is 1. The fourth-order valence-corrected chi connectivity index (χ4v) is 4.59. The molecule has 170 valence electrons. The number of nitrogens with one attached hydrogen (secondary N) is 3. The molecule has 2 aromatic rings. The van der Waals surface area contributed by atoms with Gasteiger partial charge in [-0.2, -0.15) is 4.98 Å². The smallest absolute Gasteiger partial charge is 0.258 e. The number of hydrogen-bond acceptors (Lipinski definition) is 6. The molecular formula is C22H26ClN5O4. The topological polar surface area (TPSA) is 116 Å². The van der Waals surface area contributed by atoms with Gasteiger partial charge in [-0.15, -0.1) is 0 Å². The van der Waals surface area contributed by atoms with Gasteiger partial charge in [0.1, 0.15) is 11.6 Å². The largest absolute Gasteiger partial charge is 0.495 e. The number of hydrogen-bond donors (Lipinski definition) is 3. The second kappa shape index (κ2) is 9.20. The van der Waals surface area contributed by atoms with E-state index in [0.717, 1.165) is 32.2 Å². The summed E-state index contributed by atoms with van der Waals surface area (Å²) in [6.45, 7) is 2.89. The van der Waals surface area contributed by atoms with Crippen LogP contribution < -0.4 is 25.8 Å². The van der Waals surface area contributed by atoms with E-state index in [2.05, 4.69) is 32.4 Å². The van der Waals surface area contributed by atoms with Gasteiger partial charge < -0.3 is 20.3 Å². The van der Waals surface area contributed by atoms with Crippen molar-refractivity contribution in [2.75, 3.05) is 29.2 Å². The van der Waals surface area contributed by atoms with Crippen LogP contribution in [-0.2, 0) is 9.59 Å². The minimum absolute atomic E-state index is 0.138. The van der Waals surface area contributed by atoms with Crippen LogP contribution in [0.3, 0.4) is 0 Å². The normalized spacial score (nSPS) is 20.3. The maximum atomic E-state index is 13.1. The zero-order valence-electron chi connectivity index (χ0n) is 18.0. The van der Waals surface area contributed by atoms with Crippen molar-refractivity contribution in [2.45, 2.75) is 51.0 Å². The van der Waals surface area contributed by atoms with E-state index in [4.69, 9.17) is 16.3 Å². The number of fused-ring (bicyclic) bond motifs is 1.